The molecule has 4 nitrogen and oxygen atoms in total. The first-order valence-electron chi connectivity index (χ1n) is 6.71. The summed E-state index contributed by atoms with van der Waals surface area (Å²) in [6, 6.07) is 4.37. The number of carbonyl (C=O) groups is 1. The second-order valence-electron chi connectivity index (χ2n) is 5.21. The lowest BCUT2D eigenvalue weighted by molar-refractivity contribution is -0.135. The van der Waals surface area contributed by atoms with Crippen LogP contribution >= 0.6 is 0 Å². The Balaban J connectivity index is 1.72. The Bertz CT molecular complexity index is 365. The first kappa shape index (κ1) is 13.1. The van der Waals surface area contributed by atoms with E-state index in [1.54, 1.807) is 6.26 Å². The molecule has 1 aliphatic rings. The van der Waals surface area contributed by atoms with Crippen LogP contribution in [-0.4, -0.2) is 29.9 Å². The normalized spacial score (nSPS) is 17.4. The van der Waals surface area contributed by atoms with Gasteiger partial charge in [0.1, 0.15) is 5.76 Å². The van der Waals surface area contributed by atoms with Crippen LogP contribution in [0.15, 0.2) is 22.8 Å². The molecule has 1 aromatic rings. The topological polar surface area (TPSA) is 45.5 Å². The molecule has 1 saturated heterocycles. The minimum absolute atomic E-state index is 0.109. The molecule has 0 atom stereocenters. The van der Waals surface area contributed by atoms with Gasteiger partial charge in [-0.2, -0.15) is 0 Å². The second-order valence-corrected chi connectivity index (χ2v) is 5.21. The molecule has 18 heavy (non-hydrogen) atoms. The maximum atomic E-state index is 11.8. The number of hydrogen-bond donors (Lipinski definition) is 1. The van der Waals surface area contributed by atoms with E-state index in [9.17, 15) is 4.79 Å². The van der Waals surface area contributed by atoms with Gasteiger partial charge in [0, 0.05) is 25.0 Å². The number of carbonyl (C=O) groups excluding carboxylic acids is 1. The van der Waals surface area contributed by atoms with Gasteiger partial charge in [0.25, 0.3) is 0 Å². The maximum absolute atomic E-state index is 11.8. The van der Waals surface area contributed by atoms with E-state index in [0.717, 1.165) is 38.2 Å². The number of piperidine rings is 1. The summed E-state index contributed by atoms with van der Waals surface area (Å²) in [5.41, 5.74) is 0. The van der Waals surface area contributed by atoms with Crippen molar-refractivity contribution in [3.63, 3.8) is 0 Å². The fourth-order valence-electron chi connectivity index (χ4n) is 2.33. The van der Waals surface area contributed by atoms with E-state index in [-0.39, 0.29) is 11.8 Å². The van der Waals surface area contributed by atoms with Crippen LogP contribution in [0.4, 0.5) is 0 Å². The summed E-state index contributed by atoms with van der Waals surface area (Å²) in [4.78, 5) is 13.8. The Morgan fingerprint density at radius 1 is 1.50 bits per heavy atom. The van der Waals surface area contributed by atoms with Crippen LogP contribution in [0, 0.1) is 5.92 Å². The van der Waals surface area contributed by atoms with E-state index in [0.29, 0.717) is 6.04 Å². The summed E-state index contributed by atoms with van der Waals surface area (Å²) in [6.07, 6.45) is 3.75. The van der Waals surface area contributed by atoms with Gasteiger partial charge in [-0.25, -0.2) is 0 Å². The molecular formula is C14H22N2O2. The standard InChI is InChI=1S/C14H22N2O2/c1-11(2)14(17)16-7-5-12(6-8-16)15-10-13-4-3-9-18-13/h3-4,9,11-12,15H,5-8,10H2,1-2H3. The van der Waals surface area contributed by atoms with Crippen LogP contribution in [0.1, 0.15) is 32.4 Å². The number of likely N-dealkylation sites (tertiary alicyclic amines) is 1. The molecule has 100 valence electrons. The zero-order valence-corrected chi connectivity index (χ0v) is 11.2. The average molecular weight is 250 g/mol. The molecule has 1 amide bonds. The van der Waals surface area contributed by atoms with Crippen LogP contribution in [0.3, 0.4) is 0 Å². The van der Waals surface area contributed by atoms with Gasteiger partial charge in [-0.3, -0.25) is 4.79 Å². The van der Waals surface area contributed by atoms with Gasteiger partial charge >= 0.3 is 0 Å². The van der Waals surface area contributed by atoms with E-state index in [1.165, 1.54) is 0 Å². The lowest BCUT2D eigenvalue weighted by atomic mass is 10.0. The SMILES string of the molecule is CC(C)C(=O)N1CCC(NCc2ccco2)CC1. The molecule has 1 fully saturated rings. The maximum Gasteiger partial charge on any atom is 0.225 e. The smallest absolute Gasteiger partial charge is 0.225 e. The van der Waals surface area contributed by atoms with E-state index < -0.39 is 0 Å². The molecule has 1 aliphatic heterocycles. The van der Waals surface area contributed by atoms with Crippen LogP contribution in [-0.2, 0) is 11.3 Å². The molecule has 0 unspecified atom stereocenters. The van der Waals surface area contributed by atoms with Crippen LogP contribution in [0.25, 0.3) is 0 Å². The molecular weight excluding hydrogens is 228 g/mol. The predicted molar refractivity (Wildman–Crippen MR) is 70.0 cm³/mol. The average Bonchev–Trinajstić information content (AvgIpc) is 2.89. The monoisotopic (exact) mass is 250 g/mol. The van der Waals surface area contributed by atoms with Gasteiger partial charge in [-0.15, -0.1) is 0 Å². The lowest BCUT2D eigenvalue weighted by Gasteiger charge is -2.33. The van der Waals surface area contributed by atoms with E-state index in [2.05, 4.69) is 5.32 Å². The van der Waals surface area contributed by atoms with Crippen molar-refractivity contribution in [2.75, 3.05) is 13.1 Å². The molecule has 0 spiro atoms. The molecule has 0 radical (unpaired) electrons. The summed E-state index contributed by atoms with van der Waals surface area (Å²) in [7, 11) is 0. The van der Waals surface area contributed by atoms with Crippen molar-refractivity contribution in [3.05, 3.63) is 24.2 Å². The first-order valence-corrected chi connectivity index (χ1v) is 6.71. The van der Waals surface area contributed by atoms with Crippen molar-refractivity contribution in [2.24, 2.45) is 5.92 Å². The van der Waals surface area contributed by atoms with Crippen molar-refractivity contribution in [1.82, 2.24) is 10.2 Å². The summed E-state index contributed by atoms with van der Waals surface area (Å²) in [5.74, 6) is 1.35. The molecule has 2 rings (SSSR count). The second kappa shape index (κ2) is 6.05. The van der Waals surface area contributed by atoms with E-state index in [1.807, 2.05) is 30.9 Å². The van der Waals surface area contributed by atoms with E-state index >= 15 is 0 Å². The Kier molecular flexibility index (Phi) is 4.42. The minimum Gasteiger partial charge on any atom is -0.468 e. The summed E-state index contributed by atoms with van der Waals surface area (Å²) >= 11 is 0. The van der Waals surface area contributed by atoms with E-state index in [4.69, 9.17) is 4.42 Å². The van der Waals surface area contributed by atoms with Crippen LogP contribution in [0.2, 0.25) is 0 Å². The summed E-state index contributed by atoms with van der Waals surface area (Å²) in [6.45, 7) is 6.43. The fourth-order valence-corrected chi connectivity index (χ4v) is 2.33. The largest absolute Gasteiger partial charge is 0.468 e. The van der Waals surface area contributed by atoms with Gasteiger partial charge in [0.2, 0.25) is 5.91 Å². The van der Waals surface area contributed by atoms with Gasteiger partial charge in [-0.1, -0.05) is 13.8 Å². The number of nitrogens with one attached hydrogen (secondary N) is 1. The molecule has 2 heterocycles. The Morgan fingerprint density at radius 2 is 2.22 bits per heavy atom. The number of nitrogens with zero attached hydrogens (tertiary/aromatic N) is 1. The molecule has 0 aromatic carbocycles. The third-order valence-corrected chi connectivity index (χ3v) is 3.45. The molecule has 1 aromatic heterocycles. The van der Waals surface area contributed by atoms with Crippen molar-refractivity contribution >= 4 is 5.91 Å². The fraction of sp³-hybridized carbons (Fsp3) is 0.643. The predicted octanol–water partition coefficient (Wildman–Crippen LogP) is 2.02. The molecule has 4 heteroatoms. The highest BCUT2D eigenvalue weighted by molar-refractivity contribution is 5.78. The lowest BCUT2D eigenvalue weighted by Crippen LogP contribution is -2.45. The Hall–Kier alpha value is -1.29. The quantitative estimate of drug-likeness (QED) is 0.889. The highest BCUT2D eigenvalue weighted by atomic mass is 16.3. The first-order chi connectivity index (χ1) is 8.66. The Labute approximate surface area is 108 Å². The Morgan fingerprint density at radius 3 is 2.78 bits per heavy atom. The van der Waals surface area contributed by atoms with Crippen molar-refractivity contribution < 1.29 is 9.21 Å². The highest BCUT2D eigenvalue weighted by Gasteiger charge is 2.23. The molecule has 0 bridgehead atoms. The highest BCUT2D eigenvalue weighted by Crippen LogP contribution is 2.14. The number of furan rings is 1. The summed E-state index contributed by atoms with van der Waals surface area (Å²) in [5, 5.41) is 3.48. The van der Waals surface area contributed by atoms with Gasteiger partial charge < -0.3 is 14.6 Å². The van der Waals surface area contributed by atoms with Crippen LogP contribution in [0.5, 0.6) is 0 Å². The van der Waals surface area contributed by atoms with Crippen molar-refractivity contribution in [2.45, 2.75) is 39.3 Å². The van der Waals surface area contributed by atoms with Crippen LogP contribution < -0.4 is 5.32 Å². The van der Waals surface area contributed by atoms with Crippen molar-refractivity contribution in [1.29, 1.82) is 0 Å². The number of rotatable bonds is 4. The van der Waals surface area contributed by atoms with Gasteiger partial charge in [0.15, 0.2) is 0 Å². The molecule has 1 N–H and O–H groups in total. The zero-order valence-electron chi connectivity index (χ0n) is 11.2. The van der Waals surface area contributed by atoms with Crippen molar-refractivity contribution in [3.8, 4) is 0 Å². The van der Waals surface area contributed by atoms with Gasteiger partial charge in [-0.05, 0) is 25.0 Å². The molecule has 0 saturated carbocycles. The molecule has 0 aliphatic carbocycles. The number of hydrogen-bond acceptors (Lipinski definition) is 3. The number of amides is 1. The zero-order chi connectivity index (χ0) is 13.0. The van der Waals surface area contributed by atoms with Gasteiger partial charge in [0.05, 0.1) is 12.8 Å². The third-order valence-electron chi connectivity index (χ3n) is 3.45. The summed E-state index contributed by atoms with van der Waals surface area (Å²) < 4.78 is 5.29. The minimum atomic E-state index is 0.109. The third kappa shape index (κ3) is 3.35.